The molecule has 0 aliphatic carbocycles. The maximum absolute atomic E-state index is 14.1. The lowest BCUT2D eigenvalue weighted by molar-refractivity contribution is -0.294. The van der Waals surface area contributed by atoms with Crippen LogP contribution >= 0.6 is 0 Å². The van der Waals surface area contributed by atoms with Gasteiger partial charge in [-0.3, -0.25) is 9.59 Å². The minimum atomic E-state index is -1.16. The van der Waals surface area contributed by atoms with Crippen LogP contribution in [-0.4, -0.2) is 121 Å². The van der Waals surface area contributed by atoms with Crippen LogP contribution in [0.2, 0.25) is 0 Å². The van der Waals surface area contributed by atoms with E-state index in [1.54, 1.807) is 18.9 Å². The topological polar surface area (TPSA) is 173 Å². The molecule has 3 saturated heterocycles. The lowest BCUT2D eigenvalue weighted by atomic mass is 9.76. The molecule has 3 aliphatic rings. The van der Waals surface area contributed by atoms with Crippen LogP contribution in [0.15, 0.2) is 5.11 Å². The molecule has 0 aromatic carbocycles. The van der Waals surface area contributed by atoms with Crippen molar-refractivity contribution in [3.63, 3.8) is 0 Å². The number of carbonyl (C=O) groups is 3. The third-order valence-electron chi connectivity index (χ3n) is 10.9. The first-order valence-electron chi connectivity index (χ1n) is 17.5. The molecule has 1 amide bonds. The number of fused-ring (bicyclic) bond motifs is 1. The SMILES string of the molecule is CC[C@H]1OC(=O)[C@H](C)C(=O)[C@H](C)[C@@H](O[C@@H]2OC(C)CC(N(C)C)C2O)[C@](C)(OC)CCC[C@H](C)[C@H]2N(CCCCN=[N+]=[N-])C(=O)O[C@]12C. The van der Waals surface area contributed by atoms with Crippen LogP contribution in [0.5, 0.6) is 0 Å². The van der Waals surface area contributed by atoms with Crippen molar-refractivity contribution < 1.29 is 43.2 Å². The summed E-state index contributed by atoms with van der Waals surface area (Å²) in [5.41, 5.74) is 6.48. The molecule has 0 saturated carbocycles. The van der Waals surface area contributed by atoms with Crippen molar-refractivity contribution in [1.29, 1.82) is 0 Å². The van der Waals surface area contributed by atoms with Crippen molar-refractivity contribution in [3.05, 3.63) is 10.4 Å². The molecular formula is C34H59N5O9. The summed E-state index contributed by atoms with van der Waals surface area (Å²) in [6, 6.07) is -0.642. The number of carbonyl (C=O) groups excluding carboxylic acids is 3. The lowest BCUT2D eigenvalue weighted by Gasteiger charge is -2.46. The maximum atomic E-state index is 14.1. The minimum Gasteiger partial charge on any atom is -0.458 e. The third-order valence-corrected chi connectivity index (χ3v) is 10.9. The summed E-state index contributed by atoms with van der Waals surface area (Å²) in [6.45, 7) is 13.5. The molecule has 0 radical (unpaired) electrons. The molecule has 48 heavy (non-hydrogen) atoms. The Kier molecular flexibility index (Phi) is 14.1. The molecule has 1 N–H and O–H groups in total. The zero-order valence-electron chi connectivity index (χ0n) is 30.6. The van der Waals surface area contributed by atoms with Crippen LogP contribution in [-0.2, 0) is 33.3 Å². The summed E-state index contributed by atoms with van der Waals surface area (Å²) in [4.78, 5) is 47.7. The number of aliphatic hydroxyl groups excluding tert-OH is 1. The van der Waals surface area contributed by atoms with Crippen LogP contribution in [0.1, 0.15) is 93.4 Å². The number of aliphatic hydroxyl groups is 1. The quantitative estimate of drug-likeness (QED) is 0.0838. The molecule has 12 atom stereocenters. The van der Waals surface area contributed by atoms with Crippen LogP contribution in [0.4, 0.5) is 4.79 Å². The summed E-state index contributed by atoms with van der Waals surface area (Å²) in [6.07, 6.45) is -0.315. The van der Waals surface area contributed by atoms with E-state index in [9.17, 15) is 19.5 Å². The standard InChI is InChI=1S/C34H59N5O9/c1-11-25-34(7)28(39(32(43)48-34)18-13-12-17-36-37-35)20(2)15-14-16-33(6,44-10)29(22(4)26(40)23(5)30(42)46-25)47-31-27(41)24(38(8)9)19-21(3)45-31/h20-25,27-29,31,41H,11-19H2,1-10H3/t20-,21?,22-,23+,24?,25+,27?,28+,29+,31-,33+,34+/m0/s1. The van der Waals surface area contributed by atoms with Crippen molar-refractivity contribution in [2.45, 2.75) is 147 Å². The second-order valence-corrected chi connectivity index (χ2v) is 14.6. The highest BCUT2D eigenvalue weighted by Crippen LogP contribution is 2.43. The summed E-state index contributed by atoms with van der Waals surface area (Å²) in [5.74, 6) is -3.14. The number of Topliss-reactive ketones (excluding diaryl/α,β-unsaturated/α-hetero) is 1. The van der Waals surface area contributed by atoms with Gasteiger partial charge in [0, 0.05) is 37.1 Å². The smallest absolute Gasteiger partial charge is 0.410 e. The fourth-order valence-electron chi connectivity index (χ4n) is 7.99. The molecule has 14 nitrogen and oxygen atoms in total. The Labute approximate surface area is 285 Å². The van der Waals surface area contributed by atoms with Gasteiger partial charge in [-0.25, -0.2) is 4.79 Å². The Bertz CT molecular complexity index is 1170. The third kappa shape index (κ3) is 8.62. The van der Waals surface area contributed by atoms with E-state index < -0.39 is 65.7 Å². The van der Waals surface area contributed by atoms with E-state index in [0.717, 1.165) is 0 Å². The number of cyclic esters (lactones) is 1. The summed E-state index contributed by atoms with van der Waals surface area (Å²) in [7, 11) is 5.37. The van der Waals surface area contributed by atoms with E-state index >= 15 is 0 Å². The number of methoxy groups -OCH3 is 1. The molecule has 3 fully saturated rings. The molecule has 3 rings (SSSR count). The van der Waals surface area contributed by atoms with Crippen LogP contribution in [0.25, 0.3) is 10.4 Å². The number of rotatable bonds is 10. The molecule has 0 aromatic rings. The Morgan fingerprint density at radius 1 is 1.15 bits per heavy atom. The van der Waals surface area contributed by atoms with Gasteiger partial charge < -0.3 is 38.6 Å². The van der Waals surface area contributed by atoms with E-state index in [1.807, 2.05) is 46.7 Å². The summed E-state index contributed by atoms with van der Waals surface area (Å²) < 4.78 is 31.0. The second-order valence-electron chi connectivity index (χ2n) is 14.6. The van der Waals surface area contributed by atoms with E-state index in [-0.39, 0.29) is 23.8 Å². The average molecular weight is 682 g/mol. The molecule has 14 heteroatoms. The number of azide groups is 1. The Balaban J connectivity index is 2.00. The maximum Gasteiger partial charge on any atom is 0.410 e. The number of nitrogens with zero attached hydrogens (tertiary/aromatic N) is 5. The second kappa shape index (κ2) is 17.0. The molecule has 3 aliphatic heterocycles. The van der Waals surface area contributed by atoms with Gasteiger partial charge in [0.2, 0.25) is 0 Å². The number of amides is 1. The fraction of sp³-hybridized carbons (Fsp3) is 0.912. The average Bonchev–Trinajstić information content (AvgIpc) is 3.30. The Morgan fingerprint density at radius 3 is 2.44 bits per heavy atom. The normalized spacial score (nSPS) is 40.1. The van der Waals surface area contributed by atoms with Crippen molar-refractivity contribution >= 4 is 17.8 Å². The van der Waals surface area contributed by atoms with Gasteiger partial charge in [0.15, 0.2) is 17.7 Å². The lowest BCUT2D eigenvalue weighted by Crippen LogP contribution is -2.59. The van der Waals surface area contributed by atoms with Crippen molar-refractivity contribution in [2.75, 3.05) is 34.3 Å². The predicted octanol–water partition coefficient (Wildman–Crippen LogP) is 4.86. The van der Waals surface area contributed by atoms with Crippen molar-refractivity contribution in [2.24, 2.45) is 22.9 Å². The largest absolute Gasteiger partial charge is 0.458 e. The first-order chi connectivity index (χ1) is 22.6. The predicted molar refractivity (Wildman–Crippen MR) is 178 cm³/mol. The van der Waals surface area contributed by atoms with Gasteiger partial charge in [0.05, 0.1) is 23.9 Å². The fourth-order valence-corrected chi connectivity index (χ4v) is 7.99. The van der Waals surface area contributed by atoms with Crippen molar-refractivity contribution in [1.82, 2.24) is 9.80 Å². The summed E-state index contributed by atoms with van der Waals surface area (Å²) >= 11 is 0. The number of esters is 1. The van der Waals surface area contributed by atoms with Gasteiger partial charge in [-0.15, -0.1) is 0 Å². The zero-order chi connectivity index (χ0) is 36.0. The van der Waals surface area contributed by atoms with Gasteiger partial charge in [-0.1, -0.05) is 32.3 Å². The number of ketones is 1. The van der Waals surface area contributed by atoms with Crippen molar-refractivity contribution in [3.8, 4) is 0 Å². The van der Waals surface area contributed by atoms with Crippen LogP contribution < -0.4 is 0 Å². The highest BCUT2D eigenvalue weighted by atomic mass is 16.7. The molecule has 3 heterocycles. The number of likely N-dealkylation sites (N-methyl/N-ethyl adjacent to an activating group) is 1. The van der Waals surface area contributed by atoms with Gasteiger partial charge >= 0.3 is 12.1 Å². The van der Waals surface area contributed by atoms with E-state index in [4.69, 9.17) is 29.2 Å². The molecule has 274 valence electrons. The minimum absolute atomic E-state index is 0.0728. The van der Waals surface area contributed by atoms with Gasteiger partial charge in [-0.2, -0.15) is 0 Å². The Morgan fingerprint density at radius 2 is 1.83 bits per heavy atom. The zero-order valence-corrected chi connectivity index (χ0v) is 30.6. The summed E-state index contributed by atoms with van der Waals surface area (Å²) in [5, 5.41) is 14.9. The number of hydrogen-bond donors (Lipinski definition) is 1. The van der Waals surface area contributed by atoms with Crippen LogP contribution in [0.3, 0.4) is 0 Å². The highest BCUT2D eigenvalue weighted by molar-refractivity contribution is 6.00. The molecule has 0 bridgehead atoms. The molecule has 0 spiro atoms. The molecule has 3 unspecified atom stereocenters. The van der Waals surface area contributed by atoms with Gasteiger partial charge in [0.1, 0.15) is 18.1 Å². The molecular weight excluding hydrogens is 622 g/mol. The Hall–Kier alpha value is -2.48. The highest BCUT2D eigenvalue weighted by Gasteiger charge is 2.58. The molecule has 0 aromatic heterocycles. The van der Waals surface area contributed by atoms with E-state index in [0.29, 0.717) is 58.0 Å². The van der Waals surface area contributed by atoms with Gasteiger partial charge in [0.25, 0.3) is 0 Å². The number of ether oxygens (including phenoxy) is 5. The van der Waals surface area contributed by atoms with E-state index in [1.165, 1.54) is 6.92 Å². The first-order valence-corrected chi connectivity index (χ1v) is 17.5. The van der Waals surface area contributed by atoms with Gasteiger partial charge in [-0.05, 0) is 91.8 Å². The van der Waals surface area contributed by atoms with Crippen LogP contribution in [0, 0.1) is 17.8 Å². The number of hydrogen-bond acceptors (Lipinski definition) is 11. The number of unbranched alkanes of at least 4 members (excludes halogenated alkanes) is 1. The monoisotopic (exact) mass is 681 g/mol. The first kappa shape index (κ1) is 40.0. The van der Waals surface area contributed by atoms with E-state index in [2.05, 4.69) is 16.9 Å².